The fourth-order valence-corrected chi connectivity index (χ4v) is 11.1. The minimum absolute atomic E-state index is 0.0154. The van der Waals surface area contributed by atoms with Crippen LogP contribution in [-0.2, 0) is 39.7 Å². The maximum absolute atomic E-state index is 15.1. The summed E-state index contributed by atoms with van der Waals surface area (Å²) in [5.74, 6) is -0.521. The highest BCUT2D eigenvalue weighted by atomic mass is 35.5. The van der Waals surface area contributed by atoms with Crippen molar-refractivity contribution in [2.24, 2.45) is 5.41 Å². The van der Waals surface area contributed by atoms with Gasteiger partial charge in [0.05, 0.1) is 36.8 Å². The molecule has 0 radical (unpaired) electrons. The predicted octanol–water partition coefficient (Wildman–Crippen LogP) is 10.1. The minimum atomic E-state index is -2.60. The van der Waals surface area contributed by atoms with Gasteiger partial charge in [-0.2, -0.15) is 4.98 Å². The van der Waals surface area contributed by atoms with E-state index in [0.29, 0.717) is 71.9 Å². The molecule has 82 heavy (non-hydrogen) atoms. The van der Waals surface area contributed by atoms with E-state index in [9.17, 15) is 28.5 Å². The minimum Gasteiger partial charge on any atom is -0.495 e. The molecule has 2 heterocycles. The smallest absolute Gasteiger partial charge is 0.417 e. The van der Waals surface area contributed by atoms with E-state index in [1.54, 1.807) is 67.1 Å². The molecule has 6 amide bonds. The van der Waals surface area contributed by atoms with Crippen molar-refractivity contribution in [3.8, 4) is 5.75 Å². The Labute approximate surface area is 490 Å². The second-order valence-corrected chi connectivity index (χ2v) is 27.3. The van der Waals surface area contributed by atoms with Crippen LogP contribution in [0.3, 0.4) is 0 Å². The molecule has 4 aromatic rings. The SMILES string of the molecule is CC[C@H](c1ccccc1)N(C(=O)OC(C)(C)C)C(=O)[C@@H]1C[C@H](NC(=O)CCCCCCCC(=O)N(C)CCc2cc(OC)c(Nc3ncc(Cl)c(Nc4ccccc4P(C)(C)=O)n3)cc2C)CN1C(=O)[C@@H](NC(=O)[C@H](C)NC)C(C)(C)C. The number of imide groups is 1. The molecule has 0 saturated carbocycles. The third kappa shape index (κ3) is 18.7. The summed E-state index contributed by atoms with van der Waals surface area (Å²) in [6.45, 7) is 20.1. The maximum atomic E-state index is 15.1. The van der Waals surface area contributed by atoms with Gasteiger partial charge < -0.3 is 50.4 Å². The molecule has 0 bridgehead atoms. The van der Waals surface area contributed by atoms with Crippen LogP contribution < -0.4 is 36.6 Å². The van der Waals surface area contributed by atoms with Gasteiger partial charge in [0.25, 0.3) is 5.91 Å². The lowest BCUT2D eigenvalue weighted by Crippen LogP contribution is -2.60. The highest BCUT2D eigenvalue weighted by Crippen LogP contribution is 2.39. The van der Waals surface area contributed by atoms with E-state index >= 15 is 4.79 Å². The van der Waals surface area contributed by atoms with E-state index in [1.165, 1.54) is 11.1 Å². The molecule has 5 N–H and O–H groups in total. The number of hydrogen-bond donors (Lipinski definition) is 5. The third-order valence-corrected chi connectivity index (χ3v) is 16.3. The van der Waals surface area contributed by atoms with Crippen molar-refractivity contribution in [2.75, 3.05) is 58.3 Å². The average Bonchev–Trinajstić information content (AvgIpc) is 3.26. The molecular formula is C61H88ClN10O9P. The number of nitrogens with one attached hydrogen (secondary N) is 5. The Morgan fingerprint density at radius 2 is 1.54 bits per heavy atom. The van der Waals surface area contributed by atoms with Gasteiger partial charge in [0.1, 0.15) is 35.6 Å². The lowest BCUT2D eigenvalue weighted by molar-refractivity contribution is -0.148. The molecule has 0 unspecified atom stereocenters. The van der Waals surface area contributed by atoms with Crippen molar-refractivity contribution >= 4 is 82.8 Å². The Morgan fingerprint density at radius 3 is 2.16 bits per heavy atom. The summed E-state index contributed by atoms with van der Waals surface area (Å²) in [6.07, 6.45) is 5.97. The molecule has 1 aliphatic heterocycles. The monoisotopic (exact) mass is 1170 g/mol. The number of unbranched alkanes of at least 4 members (excludes halogenated alkanes) is 4. The van der Waals surface area contributed by atoms with Gasteiger partial charge in [0, 0.05) is 44.3 Å². The number of aromatic nitrogens is 2. The lowest BCUT2D eigenvalue weighted by Gasteiger charge is -2.38. The first-order chi connectivity index (χ1) is 38.6. The average molecular weight is 1170 g/mol. The number of halogens is 1. The summed E-state index contributed by atoms with van der Waals surface area (Å²) in [5, 5.41) is 16.3. The van der Waals surface area contributed by atoms with Crippen LogP contribution in [0.1, 0.15) is 136 Å². The van der Waals surface area contributed by atoms with E-state index < -0.39 is 72.2 Å². The number of benzene rings is 3. The van der Waals surface area contributed by atoms with Crippen molar-refractivity contribution in [3.63, 3.8) is 0 Å². The van der Waals surface area contributed by atoms with Crippen LogP contribution in [0.25, 0.3) is 0 Å². The Hall–Kier alpha value is -6.56. The van der Waals surface area contributed by atoms with Crippen LogP contribution in [0.2, 0.25) is 5.02 Å². The van der Waals surface area contributed by atoms with Crippen LogP contribution in [0, 0.1) is 12.3 Å². The lowest BCUT2D eigenvalue weighted by atomic mass is 9.85. The molecule has 19 nitrogen and oxygen atoms in total. The van der Waals surface area contributed by atoms with Crippen molar-refractivity contribution in [3.05, 3.63) is 94.6 Å². The Balaban J connectivity index is 1.14. The molecule has 5 atom stereocenters. The highest BCUT2D eigenvalue weighted by molar-refractivity contribution is 7.70. The first-order valence-electron chi connectivity index (χ1n) is 28.4. The Kier molecular flexibility index (Phi) is 23.9. The zero-order chi connectivity index (χ0) is 60.7. The molecule has 1 aromatic heterocycles. The normalized spacial score (nSPS) is 15.6. The third-order valence-electron chi connectivity index (χ3n) is 14.5. The number of methoxy groups -OCH3 is 1. The standard InChI is InChI=1S/C61H88ClN10O9P/c1-15-47(41-26-20-19-21-27-41)72(59(78)81-61(7,8)9)56(76)48-36-43(38-71(48)57(77)53(60(4,5)6)68-55(75)40(3)63-10)65-51(73)30-22-17-16-18-23-31-52(74)70(11)33-32-42-35-49(80-12)46(34-39(42)2)67-58-64-37-44(62)54(69-58)66-45-28-24-25-29-50(45)82(13,14)79/h19-21,24-29,34-35,37,40,43,47-48,53,63H,15-18,22-23,30-33,36,38H2,1-14H3,(H,65,73)(H,68,75)(H2,64,66,67,69)/t40-,43-,47+,48-,53+/m0/s1. The number of carbonyl (C=O) groups is 6. The second-order valence-electron chi connectivity index (χ2n) is 23.7. The number of hydrogen-bond acceptors (Lipinski definition) is 14. The van der Waals surface area contributed by atoms with E-state index in [2.05, 4.69) is 36.6 Å². The second kappa shape index (κ2) is 29.6. The molecule has 1 fully saturated rings. The molecular weight excluding hydrogens is 1080 g/mol. The first-order valence-corrected chi connectivity index (χ1v) is 31.4. The molecule has 21 heteroatoms. The number of aryl methyl sites for hydroxylation is 1. The van der Waals surface area contributed by atoms with Crippen LogP contribution in [0.15, 0.2) is 72.9 Å². The number of likely N-dealkylation sites (N-methyl/N-ethyl adjacent to an activating group) is 2. The summed E-state index contributed by atoms with van der Waals surface area (Å²) < 4.78 is 24.6. The number of carbonyl (C=O) groups excluding carboxylic acids is 6. The van der Waals surface area contributed by atoms with Crippen LogP contribution in [-0.4, -0.2) is 138 Å². The summed E-state index contributed by atoms with van der Waals surface area (Å²) in [7, 11) is 2.43. The van der Waals surface area contributed by atoms with Crippen LogP contribution >= 0.6 is 18.7 Å². The number of amides is 6. The highest BCUT2D eigenvalue weighted by Gasteiger charge is 2.49. The molecule has 0 spiro atoms. The molecule has 448 valence electrons. The number of para-hydroxylation sites is 1. The number of likely N-dealkylation sites (tertiary alicyclic amines) is 1. The zero-order valence-corrected chi connectivity index (χ0v) is 52.2. The quantitative estimate of drug-likeness (QED) is 0.0291. The van der Waals surface area contributed by atoms with E-state index in [0.717, 1.165) is 40.9 Å². The predicted molar refractivity (Wildman–Crippen MR) is 325 cm³/mol. The van der Waals surface area contributed by atoms with Gasteiger partial charge in [-0.05, 0) is 133 Å². The maximum Gasteiger partial charge on any atom is 0.417 e. The van der Waals surface area contributed by atoms with Crippen molar-refractivity contribution in [2.45, 2.75) is 162 Å². The summed E-state index contributed by atoms with van der Waals surface area (Å²) in [6, 6.07) is 16.3. The Morgan fingerprint density at radius 1 is 0.890 bits per heavy atom. The van der Waals surface area contributed by atoms with Crippen LogP contribution in [0.5, 0.6) is 5.75 Å². The molecule has 3 aromatic carbocycles. The fourth-order valence-electron chi connectivity index (χ4n) is 9.79. The van der Waals surface area contributed by atoms with Crippen molar-refractivity contribution in [1.29, 1.82) is 0 Å². The molecule has 5 rings (SSSR count). The zero-order valence-electron chi connectivity index (χ0n) is 50.5. The number of rotatable bonds is 26. The molecule has 0 aliphatic carbocycles. The summed E-state index contributed by atoms with van der Waals surface area (Å²) in [4.78, 5) is 97.3. The first kappa shape index (κ1) is 66.2. The van der Waals surface area contributed by atoms with Gasteiger partial charge in [-0.3, -0.25) is 24.0 Å². The van der Waals surface area contributed by atoms with Gasteiger partial charge in [0.15, 0.2) is 5.82 Å². The van der Waals surface area contributed by atoms with E-state index in [1.807, 2.05) is 101 Å². The molecule has 1 saturated heterocycles. The number of anilines is 4. The topological polar surface area (TPSA) is 234 Å². The number of nitrogens with zero attached hydrogens (tertiary/aromatic N) is 5. The van der Waals surface area contributed by atoms with Crippen LogP contribution in [0.4, 0.5) is 27.9 Å². The largest absolute Gasteiger partial charge is 0.495 e. The van der Waals surface area contributed by atoms with Crippen molar-refractivity contribution in [1.82, 2.24) is 40.6 Å². The van der Waals surface area contributed by atoms with E-state index in [-0.39, 0.29) is 37.1 Å². The van der Waals surface area contributed by atoms with Gasteiger partial charge in [0.2, 0.25) is 29.6 Å². The van der Waals surface area contributed by atoms with Gasteiger partial charge in [-0.25, -0.2) is 14.7 Å². The van der Waals surface area contributed by atoms with E-state index in [4.69, 9.17) is 21.1 Å². The summed E-state index contributed by atoms with van der Waals surface area (Å²) in [5.41, 5.74) is 2.29. The van der Waals surface area contributed by atoms with Gasteiger partial charge >= 0.3 is 6.09 Å². The number of ether oxygens (including phenoxy) is 2. The summed E-state index contributed by atoms with van der Waals surface area (Å²) >= 11 is 6.50. The molecule has 1 aliphatic rings. The Bertz CT molecular complexity index is 2910. The van der Waals surface area contributed by atoms with Crippen molar-refractivity contribution < 1.29 is 42.8 Å². The van der Waals surface area contributed by atoms with Gasteiger partial charge in [-0.15, -0.1) is 0 Å². The fraction of sp³-hybridized carbons (Fsp3) is 0.541. The van der Waals surface area contributed by atoms with Gasteiger partial charge in [-0.1, -0.05) is 101 Å².